The van der Waals surface area contributed by atoms with Gasteiger partial charge in [0.05, 0.1) is 5.69 Å². The molecule has 1 unspecified atom stereocenters. The van der Waals surface area contributed by atoms with Crippen LogP contribution < -0.4 is 0 Å². The lowest BCUT2D eigenvalue weighted by molar-refractivity contribution is 0.204. The fraction of sp³-hybridized carbons (Fsp3) is 0.308. The quantitative estimate of drug-likeness (QED) is 0.871. The van der Waals surface area contributed by atoms with E-state index in [2.05, 4.69) is 41.5 Å². The zero-order valence-corrected chi connectivity index (χ0v) is 12.0. The summed E-state index contributed by atoms with van der Waals surface area (Å²) >= 11 is 2.24. The van der Waals surface area contributed by atoms with E-state index in [0.29, 0.717) is 0 Å². The standard InChI is InChI=1S/C13H15IN2O/c1-9(2)16-12(7-8-15-16)13(17)10-5-3-4-6-11(10)14/h3-9,13,17H,1-2H3. The molecule has 90 valence electrons. The third kappa shape index (κ3) is 2.52. The van der Waals surface area contributed by atoms with Crippen molar-refractivity contribution in [3.8, 4) is 0 Å². The molecule has 0 saturated carbocycles. The van der Waals surface area contributed by atoms with Crippen LogP contribution in [0.3, 0.4) is 0 Å². The van der Waals surface area contributed by atoms with Gasteiger partial charge < -0.3 is 5.11 Å². The van der Waals surface area contributed by atoms with Crippen molar-refractivity contribution in [2.75, 3.05) is 0 Å². The summed E-state index contributed by atoms with van der Waals surface area (Å²) < 4.78 is 2.92. The summed E-state index contributed by atoms with van der Waals surface area (Å²) in [6.07, 6.45) is 1.11. The second-order valence-electron chi connectivity index (χ2n) is 4.22. The maximum atomic E-state index is 10.4. The first kappa shape index (κ1) is 12.6. The van der Waals surface area contributed by atoms with Crippen LogP contribution in [-0.2, 0) is 0 Å². The van der Waals surface area contributed by atoms with E-state index < -0.39 is 6.10 Å². The van der Waals surface area contributed by atoms with Crippen LogP contribution >= 0.6 is 22.6 Å². The summed E-state index contributed by atoms with van der Waals surface area (Å²) in [5, 5.41) is 14.7. The Morgan fingerprint density at radius 1 is 1.24 bits per heavy atom. The molecule has 3 nitrogen and oxygen atoms in total. The van der Waals surface area contributed by atoms with E-state index >= 15 is 0 Å². The van der Waals surface area contributed by atoms with Crippen LogP contribution in [0.1, 0.15) is 37.3 Å². The Balaban J connectivity index is 2.41. The van der Waals surface area contributed by atoms with E-state index in [-0.39, 0.29) is 6.04 Å². The summed E-state index contributed by atoms with van der Waals surface area (Å²) in [6.45, 7) is 4.11. The SMILES string of the molecule is CC(C)n1nccc1C(O)c1ccccc1I. The highest BCUT2D eigenvalue weighted by Crippen LogP contribution is 2.27. The number of benzene rings is 1. The molecule has 1 heterocycles. The molecule has 1 aromatic heterocycles. The van der Waals surface area contributed by atoms with Crippen molar-refractivity contribution >= 4 is 22.6 Å². The second kappa shape index (κ2) is 5.18. The monoisotopic (exact) mass is 342 g/mol. The van der Waals surface area contributed by atoms with Gasteiger partial charge in [-0.2, -0.15) is 5.10 Å². The van der Waals surface area contributed by atoms with Crippen molar-refractivity contribution < 1.29 is 5.11 Å². The van der Waals surface area contributed by atoms with Crippen molar-refractivity contribution in [3.63, 3.8) is 0 Å². The van der Waals surface area contributed by atoms with Gasteiger partial charge >= 0.3 is 0 Å². The van der Waals surface area contributed by atoms with Crippen LogP contribution in [0.2, 0.25) is 0 Å². The molecule has 0 aliphatic rings. The average Bonchev–Trinajstić information content (AvgIpc) is 2.77. The van der Waals surface area contributed by atoms with Gasteiger partial charge in [-0.3, -0.25) is 4.68 Å². The largest absolute Gasteiger partial charge is 0.382 e. The van der Waals surface area contributed by atoms with E-state index in [1.807, 2.05) is 35.0 Å². The highest BCUT2D eigenvalue weighted by atomic mass is 127. The van der Waals surface area contributed by atoms with Crippen LogP contribution in [-0.4, -0.2) is 14.9 Å². The molecule has 0 fully saturated rings. The van der Waals surface area contributed by atoms with Gasteiger partial charge in [-0.15, -0.1) is 0 Å². The molecule has 1 aromatic carbocycles. The first-order chi connectivity index (χ1) is 8.11. The molecule has 4 heteroatoms. The fourth-order valence-corrected chi connectivity index (χ4v) is 2.51. The van der Waals surface area contributed by atoms with Gasteiger partial charge in [0.2, 0.25) is 0 Å². The minimum atomic E-state index is -0.618. The highest BCUT2D eigenvalue weighted by Gasteiger charge is 2.18. The molecule has 0 aliphatic heterocycles. The van der Waals surface area contributed by atoms with Crippen LogP contribution in [0.15, 0.2) is 36.5 Å². The lowest BCUT2D eigenvalue weighted by atomic mass is 10.1. The number of aromatic nitrogens is 2. The Morgan fingerprint density at radius 3 is 2.59 bits per heavy atom. The number of halogens is 1. The molecule has 1 N–H and O–H groups in total. The summed E-state index contributed by atoms with van der Waals surface area (Å²) in [5.74, 6) is 0. The van der Waals surface area contributed by atoms with Crippen molar-refractivity contribution in [1.29, 1.82) is 0 Å². The van der Waals surface area contributed by atoms with E-state index in [1.54, 1.807) is 6.20 Å². The predicted octanol–water partition coefficient (Wildman–Crippen LogP) is 3.15. The van der Waals surface area contributed by atoms with Crippen LogP contribution in [0.4, 0.5) is 0 Å². The summed E-state index contributed by atoms with van der Waals surface area (Å²) in [7, 11) is 0. The minimum Gasteiger partial charge on any atom is -0.382 e. The lowest BCUT2D eigenvalue weighted by Crippen LogP contribution is -2.12. The first-order valence-electron chi connectivity index (χ1n) is 5.57. The minimum absolute atomic E-state index is 0.246. The molecule has 2 aromatic rings. The summed E-state index contributed by atoms with van der Waals surface area (Å²) in [5.41, 5.74) is 1.76. The Morgan fingerprint density at radius 2 is 1.94 bits per heavy atom. The molecule has 0 radical (unpaired) electrons. The second-order valence-corrected chi connectivity index (χ2v) is 5.38. The molecule has 0 spiro atoms. The van der Waals surface area contributed by atoms with E-state index in [0.717, 1.165) is 14.8 Å². The summed E-state index contributed by atoms with van der Waals surface area (Å²) in [6, 6.07) is 9.97. The van der Waals surface area contributed by atoms with Crippen molar-refractivity contribution in [1.82, 2.24) is 9.78 Å². The molecule has 0 saturated heterocycles. The van der Waals surface area contributed by atoms with Crippen LogP contribution in [0.25, 0.3) is 0 Å². The number of aliphatic hydroxyl groups excluding tert-OH is 1. The van der Waals surface area contributed by atoms with E-state index in [4.69, 9.17) is 0 Å². The zero-order valence-electron chi connectivity index (χ0n) is 9.84. The molecule has 17 heavy (non-hydrogen) atoms. The van der Waals surface area contributed by atoms with Crippen molar-refractivity contribution in [2.24, 2.45) is 0 Å². The maximum Gasteiger partial charge on any atom is 0.122 e. The highest BCUT2D eigenvalue weighted by molar-refractivity contribution is 14.1. The zero-order chi connectivity index (χ0) is 12.4. The van der Waals surface area contributed by atoms with E-state index in [9.17, 15) is 5.11 Å². The first-order valence-corrected chi connectivity index (χ1v) is 6.65. The van der Waals surface area contributed by atoms with Gasteiger partial charge in [0, 0.05) is 15.8 Å². The van der Waals surface area contributed by atoms with Gasteiger partial charge in [-0.05, 0) is 54.1 Å². The molecular formula is C13H15IN2O. The van der Waals surface area contributed by atoms with Crippen LogP contribution in [0, 0.1) is 3.57 Å². The van der Waals surface area contributed by atoms with Crippen molar-refractivity contribution in [2.45, 2.75) is 26.0 Å². The van der Waals surface area contributed by atoms with Crippen LogP contribution in [0.5, 0.6) is 0 Å². The van der Waals surface area contributed by atoms with Gasteiger partial charge in [-0.1, -0.05) is 18.2 Å². The molecule has 0 amide bonds. The molecule has 1 atom stereocenters. The molecular weight excluding hydrogens is 327 g/mol. The third-order valence-corrected chi connectivity index (χ3v) is 3.65. The number of hydrogen-bond acceptors (Lipinski definition) is 2. The Labute approximate surface area is 115 Å². The number of aliphatic hydroxyl groups is 1. The normalized spacial score (nSPS) is 13.0. The lowest BCUT2D eigenvalue weighted by Gasteiger charge is -2.17. The topological polar surface area (TPSA) is 38.0 Å². The average molecular weight is 342 g/mol. The Bertz CT molecular complexity index is 508. The van der Waals surface area contributed by atoms with Gasteiger partial charge in [-0.25, -0.2) is 0 Å². The smallest absolute Gasteiger partial charge is 0.122 e. The third-order valence-electron chi connectivity index (χ3n) is 2.67. The maximum absolute atomic E-state index is 10.4. The number of rotatable bonds is 3. The molecule has 0 aliphatic carbocycles. The van der Waals surface area contributed by atoms with E-state index in [1.165, 1.54) is 0 Å². The Kier molecular flexibility index (Phi) is 3.83. The van der Waals surface area contributed by atoms with Crippen molar-refractivity contribution in [3.05, 3.63) is 51.4 Å². The van der Waals surface area contributed by atoms with Gasteiger partial charge in [0.1, 0.15) is 6.10 Å². The summed E-state index contributed by atoms with van der Waals surface area (Å²) in [4.78, 5) is 0. The number of hydrogen-bond donors (Lipinski definition) is 1. The fourth-order valence-electron chi connectivity index (χ4n) is 1.83. The Hall–Kier alpha value is -0.880. The van der Waals surface area contributed by atoms with Gasteiger partial charge in [0.25, 0.3) is 0 Å². The van der Waals surface area contributed by atoms with Gasteiger partial charge in [0.15, 0.2) is 0 Å². The number of nitrogens with zero attached hydrogens (tertiary/aromatic N) is 2. The molecule has 0 bridgehead atoms. The molecule has 2 rings (SSSR count). The predicted molar refractivity (Wildman–Crippen MR) is 75.8 cm³/mol.